The van der Waals surface area contributed by atoms with Gasteiger partial charge in [-0.25, -0.2) is 18.1 Å². The molecule has 3 rings (SSSR count). The molecule has 0 unspecified atom stereocenters. The van der Waals surface area contributed by atoms with Gasteiger partial charge in [0.1, 0.15) is 5.52 Å². The molecule has 2 aromatic rings. The summed E-state index contributed by atoms with van der Waals surface area (Å²) in [6.07, 6.45) is 7.10. The summed E-state index contributed by atoms with van der Waals surface area (Å²) in [5.41, 5.74) is 4.00. The van der Waals surface area contributed by atoms with Crippen molar-refractivity contribution in [2.45, 2.75) is 38.8 Å². The first-order valence-corrected chi connectivity index (χ1v) is 9.29. The number of H-pyrrole nitrogens is 1. The minimum absolute atomic E-state index is 0.285. The third kappa shape index (κ3) is 2.88. The number of hydrogen-bond acceptors (Lipinski definition) is 4. The number of fused-ring (bicyclic) bond motifs is 3. The summed E-state index contributed by atoms with van der Waals surface area (Å²) in [4.78, 5) is 7.31. The van der Waals surface area contributed by atoms with Crippen LogP contribution >= 0.6 is 12.2 Å². The number of aromatic amines is 1. The van der Waals surface area contributed by atoms with Gasteiger partial charge in [0.05, 0.1) is 18.1 Å². The van der Waals surface area contributed by atoms with Gasteiger partial charge in [0.2, 0.25) is 10.0 Å². The third-order valence-electron chi connectivity index (χ3n) is 3.88. The van der Waals surface area contributed by atoms with Gasteiger partial charge < -0.3 is 9.55 Å². The van der Waals surface area contributed by atoms with Crippen molar-refractivity contribution in [2.24, 2.45) is 0 Å². The Balaban J connectivity index is 2.20. The summed E-state index contributed by atoms with van der Waals surface area (Å²) >= 11 is 5.36. The Kier molecular flexibility index (Phi) is 3.85. The Morgan fingerprint density at radius 3 is 3.00 bits per heavy atom. The van der Waals surface area contributed by atoms with E-state index in [1.807, 2.05) is 0 Å². The van der Waals surface area contributed by atoms with Gasteiger partial charge in [0.25, 0.3) is 0 Å². The Labute approximate surface area is 128 Å². The highest BCUT2D eigenvalue weighted by molar-refractivity contribution is 7.88. The van der Waals surface area contributed by atoms with Crippen LogP contribution in [0.2, 0.25) is 0 Å². The Bertz CT molecular complexity index is 836. The predicted molar refractivity (Wildman–Crippen MR) is 84.2 cm³/mol. The summed E-state index contributed by atoms with van der Waals surface area (Å²) in [6, 6.07) is 0. The number of nitrogens with zero attached hydrogens (tertiary/aromatic N) is 2. The maximum atomic E-state index is 11.4. The molecule has 0 bridgehead atoms. The zero-order valence-electron chi connectivity index (χ0n) is 11.8. The van der Waals surface area contributed by atoms with Crippen LogP contribution in [-0.2, 0) is 29.5 Å². The van der Waals surface area contributed by atoms with Crippen LogP contribution in [0.15, 0.2) is 6.33 Å². The monoisotopic (exact) mass is 326 g/mol. The van der Waals surface area contributed by atoms with Crippen molar-refractivity contribution in [3.05, 3.63) is 22.2 Å². The van der Waals surface area contributed by atoms with E-state index in [0.717, 1.165) is 42.4 Å². The average Bonchev–Trinajstić information content (AvgIpc) is 2.56. The second-order valence-corrected chi connectivity index (χ2v) is 7.63. The molecule has 114 valence electrons. The molecule has 2 N–H and O–H groups in total. The molecular weight excluding hydrogens is 308 g/mol. The predicted octanol–water partition coefficient (Wildman–Crippen LogP) is 1.87. The normalized spacial score (nSPS) is 15.9. The molecule has 2 aromatic heterocycles. The van der Waals surface area contributed by atoms with Crippen molar-refractivity contribution in [1.29, 1.82) is 0 Å². The summed E-state index contributed by atoms with van der Waals surface area (Å²) in [5.74, 6) is 0. The van der Waals surface area contributed by atoms with Crippen LogP contribution < -0.4 is 4.72 Å². The second kappa shape index (κ2) is 5.51. The lowest BCUT2D eigenvalue weighted by Gasteiger charge is -2.07. The van der Waals surface area contributed by atoms with E-state index in [1.54, 1.807) is 6.33 Å². The lowest BCUT2D eigenvalue weighted by Crippen LogP contribution is -2.22. The number of nitrogens with one attached hydrogen (secondary N) is 2. The molecule has 8 heteroatoms. The van der Waals surface area contributed by atoms with Crippen LogP contribution in [0.5, 0.6) is 0 Å². The average molecular weight is 326 g/mol. The lowest BCUT2D eigenvalue weighted by molar-refractivity contribution is 0.587. The summed E-state index contributed by atoms with van der Waals surface area (Å²) in [6.45, 7) is 1.20. The van der Waals surface area contributed by atoms with E-state index < -0.39 is 10.0 Å². The van der Waals surface area contributed by atoms with Crippen LogP contribution in [-0.4, -0.2) is 29.2 Å². The smallest absolute Gasteiger partial charge is 0.209 e. The number of hydrogen-bond donors (Lipinski definition) is 2. The van der Waals surface area contributed by atoms with Crippen LogP contribution in [0.3, 0.4) is 0 Å². The molecule has 1 aliphatic heterocycles. The van der Waals surface area contributed by atoms with Crippen LogP contribution in [0, 0.1) is 4.64 Å². The van der Waals surface area contributed by atoms with Gasteiger partial charge in [0.15, 0.2) is 4.64 Å². The van der Waals surface area contributed by atoms with E-state index in [9.17, 15) is 8.42 Å². The largest absolute Gasteiger partial charge is 0.344 e. The van der Waals surface area contributed by atoms with Crippen LogP contribution in [0.4, 0.5) is 0 Å². The standard InChI is InChI=1S/C13H18N4O2S2/c1-21(18,19)16-7-9-10-5-3-2-4-6-17(10)12-11(9)14-8-15-13(12)20/h8,16H,2-7H2,1H3,(H,14,15,20). The molecule has 3 heterocycles. The minimum Gasteiger partial charge on any atom is -0.344 e. The molecule has 0 aromatic carbocycles. The Hall–Kier alpha value is -1.25. The summed E-state index contributed by atoms with van der Waals surface area (Å²) in [5, 5.41) is 0. The highest BCUT2D eigenvalue weighted by atomic mass is 32.2. The third-order valence-corrected chi connectivity index (χ3v) is 4.85. The van der Waals surface area contributed by atoms with E-state index in [2.05, 4.69) is 19.3 Å². The van der Waals surface area contributed by atoms with Gasteiger partial charge in [-0.1, -0.05) is 18.6 Å². The molecule has 1 aliphatic rings. The van der Waals surface area contributed by atoms with E-state index in [-0.39, 0.29) is 6.54 Å². The van der Waals surface area contributed by atoms with Crippen molar-refractivity contribution in [2.75, 3.05) is 6.26 Å². The number of sulfonamides is 1. The number of rotatable bonds is 3. The van der Waals surface area contributed by atoms with Crippen molar-refractivity contribution in [3.63, 3.8) is 0 Å². The molecule has 0 spiro atoms. The molecule has 0 radical (unpaired) electrons. The molecule has 21 heavy (non-hydrogen) atoms. The topological polar surface area (TPSA) is 79.8 Å². The molecular formula is C13H18N4O2S2. The first-order valence-electron chi connectivity index (χ1n) is 6.99. The van der Waals surface area contributed by atoms with Gasteiger partial charge in [-0.3, -0.25) is 0 Å². The summed E-state index contributed by atoms with van der Waals surface area (Å²) < 4.78 is 28.2. The van der Waals surface area contributed by atoms with Crippen LogP contribution in [0.25, 0.3) is 11.0 Å². The molecule has 0 aliphatic carbocycles. The molecule has 6 nitrogen and oxygen atoms in total. The van der Waals surface area contributed by atoms with Crippen LogP contribution in [0.1, 0.15) is 30.5 Å². The molecule has 0 fully saturated rings. The van der Waals surface area contributed by atoms with Gasteiger partial charge in [-0.05, 0) is 19.3 Å². The van der Waals surface area contributed by atoms with Crippen molar-refractivity contribution < 1.29 is 8.42 Å². The fraction of sp³-hybridized carbons (Fsp3) is 0.538. The SMILES string of the molecule is CS(=O)(=O)NCc1c2n(c3c(=S)nc[nH]c13)CCCCC2. The van der Waals surface area contributed by atoms with Crippen molar-refractivity contribution in [3.8, 4) is 0 Å². The van der Waals surface area contributed by atoms with E-state index in [4.69, 9.17) is 12.2 Å². The molecule has 0 saturated carbocycles. The minimum atomic E-state index is -3.23. The first kappa shape index (κ1) is 14.7. The van der Waals surface area contributed by atoms with Gasteiger partial charge >= 0.3 is 0 Å². The maximum absolute atomic E-state index is 11.4. The Morgan fingerprint density at radius 1 is 1.43 bits per heavy atom. The van der Waals surface area contributed by atoms with Gasteiger partial charge in [-0.15, -0.1) is 0 Å². The van der Waals surface area contributed by atoms with E-state index in [0.29, 0.717) is 4.64 Å². The van der Waals surface area contributed by atoms with Gasteiger partial charge in [0, 0.05) is 24.3 Å². The van der Waals surface area contributed by atoms with Crippen molar-refractivity contribution in [1.82, 2.24) is 19.3 Å². The zero-order valence-corrected chi connectivity index (χ0v) is 13.5. The Morgan fingerprint density at radius 2 is 2.24 bits per heavy atom. The fourth-order valence-electron chi connectivity index (χ4n) is 2.98. The highest BCUT2D eigenvalue weighted by Crippen LogP contribution is 2.29. The molecule has 0 saturated heterocycles. The zero-order chi connectivity index (χ0) is 15.0. The van der Waals surface area contributed by atoms with Gasteiger partial charge in [-0.2, -0.15) is 0 Å². The lowest BCUT2D eigenvalue weighted by atomic mass is 10.1. The first-order chi connectivity index (χ1) is 9.97. The maximum Gasteiger partial charge on any atom is 0.209 e. The van der Waals surface area contributed by atoms with Crippen molar-refractivity contribution >= 4 is 33.3 Å². The fourth-order valence-corrected chi connectivity index (χ4v) is 3.65. The quantitative estimate of drug-likeness (QED) is 0.844. The van der Waals surface area contributed by atoms with E-state index in [1.165, 1.54) is 18.4 Å². The highest BCUT2D eigenvalue weighted by Gasteiger charge is 2.20. The molecule has 0 amide bonds. The second-order valence-electron chi connectivity index (χ2n) is 5.41. The number of aromatic nitrogens is 3. The molecule has 0 atom stereocenters. The summed E-state index contributed by atoms with van der Waals surface area (Å²) in [7, 11) is -3.23. The van der Waals surface area contributed by atoms with E-state index >= 15 is 0 Å². The number of aryl methyl sites for hydroxylation is 1.